The fourth-order valence-electron chi connectivity index (χ4n) is 2.60. The van der Waals surface area contributed by atoms with Crippen molar-refractivity contribution in [2.75, 3.05) is 13.7 Å². The Hall–Kier alpha value is -2.82. The molecule has 1 unspecified atom stereocenters. The van der Waals surface area contributed by atoms with Crippen LogP contribution >= 0.6 is 0 Å². The number of hydrogen-bond donors (Lipinski definition) is 1. The first-order valence-corrected chi connectivity index (χ1v) is 8.23. The van der Waals surface area contributed by atoms with Crippen LogP contribution in [0.4, 0.5) is 0 Å². The van der Waals surface area contributed by atoms with E-state index >= 15 is 0 Å². The standard InChI is InChI=1S/C20H24N2O3/c1-15(17-9-5-4-6-10-17)21-20(24)14-22(16(2)23)13-18-11-7-8-12-19(18)25-3/h4-12,15H,13-14H2,1-3H3,(H,21,24). The van der Waals surface area contributed by atoms with Gasteiger partial charge in [-0.2, -0.15) is 0 Å². The van der Waals surface area contributed by atoms with Gasteiger partial charge in [-0.05, 0) is 18.6 Å². The average Bonchev–Trinajstić information content (AvgIpc) is 2.62. The lowest BCUT2D eigenvalue weighted by Gasteiger charge is -2.23. The summed E-state index contributed by atoms with van der Waals surface area (Å²) in [5.74, 6) is 0.349. The van der Waals surface area contributed by atoms with Crippen LogP contribution in [0.5, 0.6) is 5.75 Å². The highest BCUT2D eigenvalue weighted by Crippen LogP contribution is 2.19. The number of carbonyl (C=O) groups excluding carboxylic acids is 2. The Bertz CT molecular complexity index is 716. The van der Waals surface area contributed by atoms with Gasteiger partial charge in [0.05, 0.1) is 19.7 Å². The van der Waals surface area contributed by atoms with Crippen LogP contribution in [0.25, 0.3) is 0 Å². The third-order valence-corrected chi connectivity index (χ3v) is 4.01. The number of para-hydroxylation sites is 1. The molecule has 0 aromatic heterocycles. The zero-order valence-electron chi connectivity index (χ0n) is 14.9. The highest BCUT2D eigenvalue weighted by atomic mass is 16.5. The second kappa shape index (κ2) is 8.87. The fraction of sp³-hybridized carbons (Fsp3) is 0.300. The number of methoxy groups -OCH3 is 1. The molecule has 0 aliphatic carbocycles. The number of carbonyl (C=O) groups is 2. The topological polar surface area (TPSA) is 58.6 Å². The van der Waals surface area contributed by atoms with Gasteiger partial charge in [0, 0.05) is 19.0 Å². The molecule has 0 bridgehead atoms. The van der Waals surface area contributed by atoms with E-state index in [1.807, 2.05) is 61.5 Å². The van der Waals surface area contributed by atoms with E-state index in [-0.39, 0.29) is 24.4 Å². The number of ether oxygens (including phenoxy) is 1. The number of nitrogens with one attached hydrogen (secondary N) is 1. The van der Waals surface area contributed by atoms with E-state index in [9.17, 15) is 9.59 Å². The molecule has 25 heavy (non-hydrogen) atoms. The third-order valence-electron chi connectivity index (χ3n) is 4.01. The van der Waals surface area contributed by atoms with E-state index in [4.69, 9.17) is 4.74 Å². The molecule has 132 valence electrons. The van der Waals surface area contributed by atoms with Crippen LogP contribution in [0, 0.1) is 0 Å². The summed E-state index contributed by atoms with van der Waals surface area (Å²) in [4.78, 5) is 25.8. The first kappa shape index (κ1) is 18.5. The van der Waals surface area contributed by atoms with E-state index in [2.05, 4.69) is 5.32 Å². The van der Waals surface area contributed by atoms with E-state index in [1.165, 1.54) is 11.8 Å². The zero-order valence-corrected chi connectivity index (χ0v) is 14.9. The quantitative estimate of drug-likeness (QED) is 0.843. The van der Waals surface area contributed by atoms with Crippen LogP contribution in [0.2, 0.25) is 0 Å². The third kappa shape index (κ3) is 5.35. The van der Waals surface area contributed by atoms with Gasteiger partial charge in [0.25, 0.3) is 0 Å². The van der Waals surface area contributed by atoms with E-state index in [1.54, 1.807) is 7.11 Å². The zero-order chi connectivity index (χ0) is 18.2. The Labute approximate surface area is 148 Å². The Morgan fingerprint density at radius 1 is 1.08 bits per heavy atom. The van der Waals surface area contributed by atoms with Crippen molar-refractivity contribution in [1.82, 2.24) is 10.2 Å². The second-order valence-electron chi connectivity index (χ2n) is 5.89. The van der Waals surface area contributed by atoms with Crippen LogP contribution in [0.3, 0.4) is 0 Å². The molecule has 1 atom stereocenters. The summed E-state index contributed by atoms with van der Waals surface area (Å²) >= 11 is 0. The molecule has 5 heteroatoms. The molecule has 2 amide bonds. The van der Waals surface area contributed by atoms with Crippen LogP contribution in [0.15, 0.2) is 54.6 Å². The van der Waals surface area contributed by atoms with Gasteiger partial charge in [-0.1, -0.05) is 48.5 Å². The van der Waals surface area contributed by atoms with Crippen molar-refractivity contribution in [3.05, 3.63) is 65.7 Å². The minimum Gasteiger partial charge on any atom is -0.496 e. The van der Waals surface area contributed by atoms with E-state index in [0.717, 1.165) is 11.1 Å². The van der Waals surface area contributed by atoms with Crippen molar-refractivity contribution in [2.24, 2.45) is 0 Å². The van der Waals surface area contributed by atoms with Gasteiger partial charge in [-0.15, -0.1) is 0 Å². The summed E-state index contributed by atoms with van der Waals surface area (Å²) in [6.07, 6.45) is 0. The molecule has 0 heterocycles. The number of benzene rings is 2. The van der Waals surface area contributed by atoms with Crippen molar-refractivity contribution in [2.45, 2.75) is 26.4 Å². The summed E-state index contributed by atoms with van der Waals surface area (Å²) in [6, 6.07) is 17.1. The number of hydrogen-bond acceptors (Lipinski definition) is 3. The molecular formula is C20H24N2O3. The van der Waals surface area contributed by atoms with Gasteiger partial charge in [0.2, 0.25) is 11.8 Å². The molecule has 5 nitrogen and oxygen atoms in total. The summed E-state index contributed by atoms with van der Waals surface area (Å²) in [7, 11) is 1.59. The molecule has 0 aliphatic rings. The Kier molecular flexibility index (Phi) is 6.57. The van der Waals surface area contributed by atoms with E-state index < -0.39 is 0 Å². The number of amides is 2. The second-order valence-corrected chi connectivity index (χ2v) is 5.89. The predicted octanol–water partition coefficient (Wildman–Crippen LogP) is 2.92. The Balaban J connectivity index is 2.01. The minimum atomic E-state index is -0.193. The van der Waals surface area contributed by atoms with Crippen molar-refractivity contribution in [3.63, 3.8) is 0 Å². The van der Waals surface area contributed by atoms with Gasteiger partial charge in [-0.25, -0.2) is 0 Å². The van der Waals surface area contributed by atoms with Crippen molar-refractivity contribution < 1.29 is 14.3 Å². The predicted molar refractivity (Wildman–Crippen MR) is 97.1 cm³/mol. The summed E-state index contributed by atoms with van der Waals surface area (Å²) in [5.41, 5.74) is 1.89. The van der Waals surface area contributed by atoms with Crippen molar-refractivity contribution in [1.29, 1.82) is 0 Å². The normalized spacial score (nSPS) is 11.5. The molecule has 0 saturated carbocycles. The largest absolute Gasteiger partial charge is 0.496 e. The minimum absolute atomic E-state index is 0.00452. The summed E-state index contributed by atoms with van der Waals surface area (Å²) in [6.45, 7) is 3.71. The highest BCUT2D eigenvalue weighted by molar-refractivity contribution is 5.84. The molecule has 0 spiro atoms. The van der Waals surface area contributed by atoms with Crippen LogP contribution in [-0.2, 0) is 16.1 Å². The lowest BCUT2D eigenvalue weighted by Crippen LogP contribution is -2.40. The van der Waals surface area contributed by atoms with Crippen LogP contribution < -0.4 is 10.1 Å². The molecule has 0 fully saturated rings. The number of rotatable bonds is 7. The van der Waals surface area contributed by atoms with Gasteiger partial charge in [0.15, 0.2) is 0 Å². The van der Waals surface area contributed by atoms with E-state index in [0.29, 0.717) is 12.3 Å². The monoisotopic (exact) mass is 340 g/mol. The van der Waals surface area contributed by atoms with Gasteiger partial charge in [-0.3, -0.25) is 9.59 Å². The lowest BCUT2D eigenvalue weighted by atomic mass is 10.1. The maximum atomic E-state index is 12.4. The first-order chi connectivity index (χ1) is 12.0. The Morgan fingerprint density at radius 3 is 2.36 bits per heavy atom. The van der Waals surface area contributed by atoms with Crippen molar-refractivity contribution >= 4 is 11.8 Å². The number of nitrogens with zero attached hydrogens (tertiary/aromatic N) is 1. The van der Waals surface area contributed by atoms with Crippen LogP contribution in [-0.4, -0.2) is 30.4 Å². The molecule has 2 aromatic rings. The maximum absolute atomic E-state index is 12.4. The SMILES string of the molecule is COc1ccccc1CN(CC(=O)NC(C)c1ccccc1)C(C)=O. The van der Waals surface area contributed by atoms with Crippen LogP contribution in [0.1, 0.15) is 31.0 Å². The lowest BCUT2D eigenvalue weighted by molar-refractivity contribution is -0.135. The maximum Gasteiger partial charge on any atom is 0.240 e. The smallest absolute Gasteiger partial charge is 0.240 e. The Morgan fingerprint density at radius 2 is 1.72 bits per heavy atom. The summed E-state index contributed by atoms with van der Waals surface area (Å²) in [5, 5.41) is 2.93. The highest BCUT2D eigenvalue weighted by Gasteiger charge is 2.17. The van der Waals surface area contributed by atoms with Crippen molar-refractivity contribution in [3.8, 4) is 5.75 Å². The average molecular weight is 340 g/mol. The molecule has 1 N–H and O–H groups in total. The molecule has 0 aliphatic heterocycles. The molecule has 2 rings (SSSR count). The van der Waals surface area contributed by atoms with Gasteiger partial charge >= 0.3 is 0 Å². The van der Waals surface area contributed by atoms with Gasteiger partial charge < -0.3 is 15.0 Å². The first-order valence-electron chi connectivity index (χ1n) is 8.23. The van der Waals surface area contributed by atoms with Gasteiger partial charge in [0.1, 0.15) is 5.75 Å². The molecular weight excluding hydrogens is 316 g/mol. The fourth-order valence-corrected chi connectivity index (χ4v) is 2.60. The molecule has 0 radical (unpaired) electrons. The molecule has 2 aromatic carbocycles. The summed E-state index contributed by atoms with van der Waals surface area (Å²) < 4.78 is 5.31. The molecule has 0 saturated heterocycles.